The minimum Gasteiger partial charge on any atom is -0.506 e. The van der Waals surface area contributed by atoms with E-state index in [0.29, 0.717) is 5.56 Å². The highest BCUT2D eigenvalue weighted by molar-refractivity contribution is 9.10. The molecule has 0 spiro atoms. The van der Waals surface area contributed by atoms with Crippen molar-refractivity contribution in [3.63, 3.8) is 0 Å². The van der Waals surface area contributed by atoms with E-state index in [1.165, 1.54) is 11.1 Å². The van der Waals surface area contributed by atoms with E-state index in [2.05, 4.69) is 15.9 Å². The number of phenolic OH excluding ortho intramolecular Hbond substituents is 1. The fourth-order valence-corrected chi connectivity index (χ4v) is 2.70. The molecule has 0 saturated carbocycles. The maximum absolute atomic E-state index is 9.83. The van der Waals surface area contributed by atoms with E-state index >= 15 is 0 Å². The Labute approximate surface area is 91.7 Å². The molecule has 1 aliphatic rings. The predicted octanol–water partition coefficient (Wildman–Crippen LogP) is 2.70. The van der Waals surface area contributed by atoms with Crippen molar-refractivity contribution in [2.24, 2.45) is 0 Å². The van der Waals surface area contributed by atoms with Gasteiger partial charge in [-0.3, -0.25) is 0 Å². The van der Waals surface area contributed by atoms with E-state index in [4.69, 9.17) is 0 Å². The smallest absolute Gasteiger partial charge is 0.135 e. The number of aliphatic hydroxyl groups is 1. The van der Waals surface area contributed by atoms with Crippen LogP contribution >= 0.6 is 15.9 Å². The molecule has 3 heteroatoms. The Balaban J connectivity index is 2.61. The molecule has 0 radical (unpaired) electrons. The number of aromatic hydroxyl groups is 1. The standard InChI is InChI=1S/C11H13BrO2/c1-6(13)9-5-7-3-2-4-8(7)10(12)11(9)14/h5-6,13-14H,2-4H2,1H3. The molecule has 14 heavy (non-hydrogen) atoms. The summed E-state index contributed by atoms with van der Waals surface area (Å²) in [4.78, 5) is 0. The van der Waals surface area contributed by atoms with Gasteiger partial charge in [0.25, 0.3) is 0 Å². The van der Waals surface area contributed by atoms with Gasteiger partial charge in [0.15, 0.2) is 0 Å². The van der Waals surface area contributed by atoms with E-state index < -0.39 is 6.10 Å². The molecule has 1 aromatic rings. The summed E-state index contributed by atoms with van der Waals surface area (Å²) >= 11 is 3.39. The average Bonchev–Trinajstić information content (AvgIpc) is 2.58. The van der Waals surface area contributed by atoms with Gasteiger partial charge in [-0.25, -0.2) is 0 Å². The number of aliphatic hydroxyl groups excluding tert-OH is 1. The highest BCUT2D eigenvalue weighted by Gasteiger charge is 2.21. The lowest BCUT2D eigenvalue weighted by Crippen LogP contribution is -1.96. The molecule has 0 aromatic heterocycles. The molecule has 1 aromatic carbocycles. The lowest BCUT2D eigenvalue weighted by atomic mass is 10.0. The summed E-state index contributed by atoms with van der Waals surface area (Å²) in [5.74, 6) is 0.195. The fourth-order valence-electron chi connectivity index (χ4n) is 2.02. The molecule has 2 nitrogen and oxygen atoms in total. The van der Waals surface area contributed by atoms with Crippen molar-refractivity contribution in [2.45, 2.75) is 32.3 Å². The van der Waals surface area contributed by atoms with Gasteiger partial charge in [0.05, 0.1) is 10.6 Å². The van der Waals surface area contributed by atoms with Crippen LogP contribution in [-0.2, 0) is 12.8 Å². The minimum absolute atomic E-state index is 0.195. The molecule has 0 amide bonds. The van der Waals surface area contributed by atoms with Gasteiger partial charge in [-0.05, 0) is 59.3 Å². The summed E-state index contributed by atoms with van der Waals surface area (Å²) in [6.45, 7) is 1.67. The summed E-state index contributed by atoms with van der Waals surface area (Å²) in [6, 6.07) is 1.92. The molecule has 0 saturated heterocycles. The molecule has 0 heterocycles. The Morgan fingerprint density at radius 3 is 2.79 bits per heavy atom. The molecule has 76 valence electrons. The predicted molar refractivity (Wildman–Crippen MR) is 58.5 cm³/mol. The van der Waals surface area contributed by atoms with Crippen molar-refractivity contribution in [1.82, 2.24) is 0 Å². The lowest BCUT2D eigenvalue weighted by molar-refractivity contribution is 0.194. The van der Waals surface area contributed by atoms with E-state index in [1.54, 1.807) is 6.92 Å². The van der Waals surface area contributed by atoms with Crippen molar-refractivity contribution in [1.29, 1.82) is 0 Å². The van der Waals surface area contributed by atoms with E-state index in [0.717, 1.165) is 23.7 Å². The first kappa shape index (κ1) is 9.99. The average molecular weight is 257 g/mol. The molecular weight excluding hydrogens is 244 g/mol. The summed E-state index contributed by atoms with van der Waals surface area (Å²) in [5.41, 5.74) is 3.08. The number of fused-ring (bicyclic) bond motifs is 1. The third-order valence-electron chi connectivity index (χ3n) is 2.79. The van der Waals surface area contributed by atoms with Crippen LogP contribution in [0.5, 0.6) is 5.75 Å². The molecule has 1 aliphatic carbocycles. The largest absolute Gasteiger partial charge is 0.506 e. The SMILES string of the molecule is CC(O)c1cc2c(c(Br)c1O)CCC2. The number of phenols is 1. The monoisotopic (exact) mass is 256 g/mol. The molecule has 0 bridgehead atoms. The highest BCUT2D eigenvalue weighted by Crippen LogP contribution is 2.40. The number of benzene rings is 1. The summed E-state index contributed by atoms with van der Waals surface area (Å²) in [7, 11) is 0. The molecule has 2 N–H and O–H groups in total. The van der Waals surface area contributed by atoms with Crippen LogP contribution in [0.3, 0.4) is 0 Å². The zero-order valence-corrected chi connectivity index (χ0v) is 9.63. The van der Waals surface area contributed by atoms with Crippen LogP contribution in [-0.4, -0.2) is 10.2 Å². The molecule has 0 fully saturated rings. The van der Waals surface area contributed by atoms with Crippen molar-refractivity contribution in [3.8, 4) is 5.75 Å². The van der Waals surface area contributed by atoms with E-state index in [9.17, 15) is 10.2 Å². The molecule has 2 rings (SSSR count). The fraction of sp³-hybridized carbons (Fsp3) is 0.455. The molecule has 1 atom stereocenters. The normalized spacial score (nSPS) is 16.8. The Kier molecular flexibility index (Phi) is 2.54. The third kappa shape index (κ3) is 1.44. The van der Waals surface area contributed by atoms with E-state index in [1.807, 2.05) is 6.07 Å². The van der Waals surface area contributed by atoms with Gasteiger partial charge in [-0.15, -0.1) is 0 Å². The van der Waals surface area contributed by atoms with Gasteiger partial charge >= 0.3 is 0 Å². The third-order valence-corrected chi connectivity index (χ3v) is 3.64. The van der Waals surface area contributed by atoms with Crippen molar-refractivity contribution in [3.05, 3.63) is 27.2 Å². The van der Waals surface area contributed by atoms with Crippen LogP contribution in [0.15, 0.2) is 10.5 Å². The number of hydrogen-bond acceptors (Lipinski definition) is 2. The van der Waals surface area contributed by atoms with Crippen LogP contribution in [0.1, 0.15) is 36.1 Å². The van der Waals surface area contributed by atoms with Gasteiger partial charge in [0.1, 0.15) is 5.75 Å². The summed E-state index contributed by atoms with van der Waals surface area (Å²) in [6.07, 6.45) is 2.59. The van der Waals surface area contributed by atoms with Crippen LogP contribution in [0.4, 0.5) is 0 Å². The Morgan fingerprint density at radius 1 is 1.43 bits per heavy atom. The quantitative estimate of drug-likeness (QED) is 0.812. The molecule has 0 aliphatic heterocycles. The topological polar surface area (TPSA) is 40.5 Å². The van der Waals surface area contributed by atoms with Gasteiger partial charge in [-0.1, -0.05) is 0 Å². The number of halogens is 1. The zero-order chi connectivity index (χ0) is 10.3. The van der Waals surface area contributed by atoms with Crippen LogP contribution in [0.25, 0.3) is 0 Å². The Morgan fingerprint density at radius 2 is 2.14 bits per heavy atom. The van der Waals surface area contributed by atoms with Gasteiger partial charge in [0, 0.05) is 5.56 Å². The van der Waals surface area contributed by atoms with E-state index in [-0.39, 0.29) is 5.75 Å². The minimum atomic E-state index is -0.614. The van der Waals surface area contributed by atoms with Crippen molar-refractivity contribution < 1.29 is 10.2 Å². The molecular formula is C11H13BrO2. The second-order valence-corrected chi connectivity index (χ2v) is 4.59. The number of aryl methyl sites for hydroxylation is 1. The maximum Gasteiger partial charge on any atom is 0.135 e. The van der Waals surface area contributed by atoms with Crippen molar-refractivity contribution >= 4 is 15.9 Å². The van der Waals surface area contributed by atoms with Gasteiger partial charge in [-0.2, -0.15) is 0 Å². The van der Waals surface area contributed by atoms with Crippen molar-refractivity contribution in [2.75, 3.05) is 0 Å². The van der Waals surface area contributed by atoms with Gasteiger partial charge < -0.3 is 10.2 Å². The van der Waals surface area contributed by atoms with Crippen LogP contribution in [0, 0.1) is 0 Å². The second-order valence-electron chi connectivity index (χ2n) is 3.80. The number of rotatable bonds is 1. The Hall–Kier alpha value is -0.540. The zero-order valence-electron chi connectivity index (χ0n) is 8.05. The Bertz CT molecular complexity index is 372. The van der Waals surface area contributed by atoms with Crippen LogP contribution in [0.2, 0.25) is 0 Å². The molecule has 1 unspecified atom stereocenters. The maximum atomic E-state index is 9.83. The first-order chi connectivity index (χ1) is 6.61. The first-order valence-electron chi connectivity index (χ1n) is 4.82. The van der Waals surface area contributed by atoms with Gasteiger partial charge in [0.2, 0.25) is 0 Å². The lowest BCUT2D eigenvalue weighted by Gasteiger charge is -2.13. The summed E-state index contributed by atoms with van der Waals surface area (Å²) < 4.78 is 0.767. The van der Waals surface area contributed by atoms with Crippen LogP contribution < -0.4 is 0 Å². The highest BCUT2D eigenvalue weighted by atomic mass is 79.9. The summed E-state index contributed by atoms with van der Waals surface area (Å²) in [5, 5.41) is 19.3. The second kappa shape index (κ2) is 3.55. The number of hydrogen-bond donors (Lipinski definition) is 2. The first-order valence-corrected chi connectivity index (χ1v) is 5.61.